The molecule has 1 amide bonds. The van der Waals surface area contributed by atoms with E-state index in [-0.39, 0.29) is 0 Å². The number of imidazole rings is 1. The molecule has 2 N–H and O–H groups in total. The lowest BCUT2D eigenvalue weighted by Crippen LogP contribution is -2.48. The molecule has 0 saturated heterocycles. The molecule has 1 aromatic rings. The number of carboxylic acids is 1. The molecule has 1 saturated carbocycles. The molecule has 96 valence electrons. The van der Waals surface area contributed by atoms with Crippen molar-refractivity contribution in [1.82, 2.24) is 14.9 Å². The number of nitrogens with zero attached hydrogens (tertiary/aromatic N) is 2. The predicted molar refractivity (Wildman–Crippen MR) is 64.1 cm³/mol. The molecule has 0 unspecified atom stereocenters. The molecule has 1 fully saturated rings. The van der Waals surface area contributed by atoms with Crippen molar-refractivity contribution < 1.29 is 14.7 Å². The average molecular weight is 249 g/mol. The fourth-order valence-electron chi connectivity index (χ4n) is 2.38. The van der Waals surface area contributed by atoms with E-state index in [1.165, 1.54) is 23.3 Å². The van der Waals surface area contributed by atoms with Crippen LogP contribution in [0.1, 0.15) is 19.8 Å². The van der Waals surface area contributed by atoms with Gasteiger partial charge in [0, 0.05) is 17.8 Å². The van der Waals surface area contributed by atoms with Crippen LogP contribution in [0.4, 0.5) is 4.79 Å². The molecular formula is C12H15N3O3. The number of amides is 1. The quantitative estimate of drug-likeness (QED) is 0.786. The summed E-state index contributed by atoms with van der Waals surface area (Å²) in [4.78, 5) is 27.1. The first kappa shape index (κ1) is 12.3. The van der Waals surface area contributed by atoms with Gasteiger partial charge in [0.05, 0.1) is 0 Å². The Morgan fingerprint density at radius 2 is 2.39 bits per heavy atom. The summed E-state index contributed by atoms with van der Waals surface area (Å²) in [6, 6.07) is -0.493. The van der Waals surface area contributed by atoms with Gasteiger partial charge in [0.2, 0.25) is 0 Å². The minimum atomic E-state index is -1.25. The minimum Gasteiger partial charge on any atom is -0.479 e. The number of nitrogens with one attached hydrogen (secondary N) is 1. The van der Waals surface area contributed by atoms with E-state index in [9.17, 15) is 14.7 Å². The summed E-state index contributed by atoms with van der Waals surface area (Å²) >= 11 is 0. The van der Waals surface area contributed by atoms with Crippen LogP contribution in [0.2, 0.25) is 0 Å². The molecule has 1 aliphatic carbocycles. The van der Waals surface area contributed by atoms with Crippen molar-refractivity contribution in [3.8, 4) is 0 Å². The second kappa shape index (κ2) is 3.97. The molecule has 1 aromatic heterocycles. The average Bonchev–Trinajstić information content (AvgIpc) is 2.75. The lowest BCUT2D eigenvalue weighted by Gasteiger charge is -2.19. The van der Waals surface area contributed by atoms with Crippen molar-refractivity contribution in [3.63, 3.8) is 0 Å². The lowest BCUT2D eigenvalue weighted by molar-refractivity contribution is -0.141. The van der Waals surface area contributed by atoms with Gasteiger partial charge in [-0.15, -0.1) is 6.58 Å². The van der Waals surface area contributed by atoms with E-state index >= 15 is 0 Å². The molecule has 2 atom stereocenters. The Hall–Kier alpha value is -2.11. The monoisotopic (exact) mass is 249 g/mol. The number of carbonyl (C=O) groups is 2. The van der Waals surface area contributed by atoms with Crippen LogP contribution in [0.5, 0.6) is 0 Å². The van der Waals surface area contributed by atoms with Crippen molar-refractivity contribution in [2.45, 2.75) is 25.3 Å². The van der Waals surface area contributed by atoms with Gasteiger partial charge in [-0.3, -0.25) is 4.57 Å². The number of carboxylic acid groups (broad SMARTS) is 1. The van der Waals surface area contributed by atoms with Crippen molar-refractivity contribution in [2.75, 3.05) is 0 Å². The third-order valence-corrected chi connectivity index (χ3v) is 3.75. The van der Waals surface area contributed by atoms with Crippen LogP contribution in [0.15, 0.2) is 31.4 Å². The van der Waals surface area contributed by atoms with Crippen LogP contribution >= 0.6 is 0 Å². The number of aromatic nitrogens is 2. The van der Waals surface area contributed by atoms with Crippen molar-refractivity contribution in [2.24, 2.45) is 5.41 Å². The van der Waals surface area contributed by atoms with Gasteiger partial charge >= 0.3 is 12.0 Å². The molecule has 0 aliphatic heterocycles. The summed E-state index contributed by atoms with van der Waals surface area (Å²) in [6.45, 7) is 5.56. The van der Waals surface area contributed by atoms with E-state index < -0.39 is 23.0 Å². The van der Waals surface area contributed by atoms with Gasteiger partial charge in [0.1, 0.15) is 11.9 Å². The van der Waals surface area contributed by atoms with Gasteiger partial charge in [0.15, 0.2) is 0 Å². The molecular weight excluding hydrogens is 234 g/mol. The third kappa shape index (κ3) is 1.53. The zero-order valence-corrected chi connectivity index (χ0v) is 10.1. The number of carbonyl (C=O) groups excluding carboxylic acids is 1. The standard InChI is InChI=1S/C12H15N3O3/c1-3-11(4-2)7-12(11,9(16)17)14-10(18)15-6-5-13-8-15/h3,5-6,8H,1,4,7H2,2H3,(H,14,18)(H,16,17)/t11-,12-/m0/s1. The fourth-order valence-corrected chi connectivity index (χ4v) is 2.38. The summed E-state index contributed by atoms with van der Waals surface area (Å²) in [5.41, 5.74) is -1.81. The second-order valence-electron chi connectivity index (χ2n) is 4.50. The highest BCUT2D eigenvalue weighted by Gasteiger charge is 2.71. The second-order valence-corrected chi connectivity index (χ2v) is 4.50. The summed E-state index contributed by atoms with van der Waals surface area (Å²) in [7, 11) is 0. The molecule has 0 aromatic carbocycles. The molecule has 0 bridgehead atoms. The highest BCUT2D eigenvalue weighted by atomic mass is 16.4. The number of aliphatic carboxylic acids is 1. The van der Waals surface area contributed by atoms with Crippen LogP contribution in [-0.4, -0.2) is 32.2 Å². The largest absolute Gasteiger partial charge is 0.479 e. The zero-order chi connectivity index (χ0) is 13.4. The van der Waals surface area contributed by atoms with Gasteiger partial charge in [-0.05, 0) is 12.8 Å². The Balaban J connectivity index is 2.23. The van der Waals surface area contributed by atoms with E-state index in [0.717, 1.165) is 0 Å². The Bertz CT molecular complexity index is 497. The molecule has 0 radical (unpaired) electrons. The van der Waals surface area contributed by atoms with E-state index in [1.54, 1.807) is 6.08 Å². The molecule has 18 heavy (non-hydrogen) atoms. The van der Waals surface area contributed by atoms with E-state index in [2.05, 4.69) is 16.9 Å². The number of hydrogen-bond donors (Lipinski definition) is 2. The molecule has 1 heterocycles. The normalized spacial score (nSPS) is 29.6. The van der Waals surface area contributed by atoms with E-state index in [1.807, 2.05) is 6.92 Å². The van der Waals surface area contributed by atoms with Gasteiger partial charge in [-0.25, -0.2) is 14.6 Å². The summed E-state index contributed by atoms with van der Waals surface area (Å²) in [5.74, 6) is -1.03. The van der Waals surface area contributed by atoms with Crippen LogP contribution in [0, 0.1) is 5.41 Å². The van der Waals surface area contributed by atoms with Gasteiger partial charge in [-0.2, -0.15) is 0 Å². The smallest absolute Gasteiger partial charge is 0.330 e. The molecule has 0 spiro atoms. The topological polar surface area (TPSA) is 84.2 Å². The van der Waals surface area contributed by atoms with Crippen molar-refractivity contribution >= 4 is 12.0 Å². The molecule has 1 aliphatic rings. The minimum absolute atomic E-state index is 0.371. The number of rotatable bonds is 4. The Morgan fingerprint density at radius 3 is 2.78 bits per heavy atom. The number of hydrogen-bond acceptors (Lipinski definition) is 3. The van der Waals surface area contributed by atoms with Crippen LogP contribution in [-0.2, 0) is 4.79 Å². The fraction of sp³-hybridized carbons (Fsp3) is 0.417. The van der Waals surface area contributed by atoms with Crippen LogP contribution < -0.4 is 5.32 Å². The Labute approximate surface area is 104 Å². The highest BCUT2D eigenvalue weighted by Crippen LogP contribution is 2.59. The van der Waals surface area contributed by atoms with E-state index in [4.69, 9.17) is 0 Å². The maximum absolute atomic E-state index is 11.9. The third-order valence-electron chi connectivity index (χ3n) is 3.75. The van der Waals surface area contributed by atoms with Crippen LogP contribution in [0.3, 0.4) is 0 Å². The van der Waals surface area contributed by atoms with Gasteiger partial charge < -0.3 is 10.4 Å². The summed E-state index contributed by atoms with van der Waals surface area (Å²) < 4.78 is 1.21. The van der Waals surface area contributed by atoms with Gasteiger partial charge in [-0.1, -0.05) is 13.0 Å². The van der Waals surface area contributed by atoms with Crippen molar-refractivity contribution in [1.29, 1.82) is 0 Å². The SMILES string of the molecule is C=C[C@]1(CC)C[C@]1(NC(=O)n1ccnc1)C(=O)O. The lowest BCUT2D eigenvalue weighted by atomic mass is 9.96. The summed E-state index contributed by atoms with van der Waals surface area (Å²) in [6.07, 6.45) is 6.86. The Morgan fingerprint density at radius 1 is 1.67 bits per heavy atom. The Kier molecular flexibility index (Phi) is 2.73. The van der Waals surface area contributed by atoms with E-state index in [0.29, 0.717) is 12.8 Å². The van der Waals surface area contributed by atoms with Crippen molar-refractivity contribution in [3.05, 3.63) is 31.4 Å². The molecule has 2 rings (SSSR count). The molecule has 6 heteroatoms. The first-order chi connectivity index (χ1) is 8.51. The maximum Gasteiger partial charge on any atom is 0.330 e. The maximum atomic E-state index is 11.9. The molecule has 6 nitrogen and oxygen atoms in total. The highest BCUT2D eigenvalue weighted by molar-refractivity contribution is 5.92. The summed E-state index contributed by atoms with van der Waals surface area (Å²) in [5, 5.41) is 11.9. The first-order valence-electron chi connectivity index (χ1n) is 5.69. The predicted octanol–water partition coefficient (Wildman–Crippen LogP) is 1.25. The first-order valence-corrected chi connectivity index (χ1v) is 5.69. The van der Waals surface area contributed by atoms with Crippen LogP contribution in [0.25, 0.3) is 0 Å². The zero-order valence-electron chi connectivity index (χ0n) is 10.1. The van der Waals surface area contributed by atoms with Gasteiger partial charge in [0.25, 0.3) is 0 Å².